The summed E-state index contributed by atoms with van der Waals surface area (Å²) in [5.41, 5.74) is 1.43. The number of nitrogens with zero attached hydrogens (tertiary/aromatic N) is 2. The minimum atomic E-state index is 0.0500. The van der Waals surface area contributed by atoms with Gasteiger partial charge in [-0.3, -0.25) is 4.79 Å². The first-order valence-electron chi connectivity index (χ1n) is 9.75. The number of aryl methyl sites for hydroxylation is 1. The molecule has 28 heavy (non-hydrogen) atoms. The number of hydrogen-bond donors (Lipinski definition) is 1. The van der Waals surface area contributed by atoms with Gasteiger partial charge in [0, 0.05) is 21.1 Å². The van der Waals surface area contributed by atoms with Gasteiger partial charge in [-0.05, 0) is 42.2 Å². The summed E-state index contributed by atoms with van der Waals surface area (Å²) in [6.07, 6.45) is 3.45. The van der Waals surface area contributed by atoms with Gasteiger partial charge in [0.15, 0.2) is 0 Å². The Morgan fingerprint density at radius 3 is 3.00 bits per heavy atom. The van der Waals surface area contributed by atoms with Crippen molar-refractivity contribution in [3.05, 3.63) is 38.7 Å². The van der Waals surface area contributed by atoms with Crippen molar-refractivity contribution >= 4 is 50.6 Å². The Bertz CT molecular complexity index is 979. The zero-order valence-corrected chi connectivity index (χ0v) is 18.9. The van der Waals surface area contributed by atoms with Gasteiger partial charge in [-0.25, -0.2) is 9.97 Å². The molecule has 0 aliphatic heterocycles. The van der Waals surface area contributed by atoms with E-state index in [1.165, 1.54) is 27.1 Å². The number of hydrogen-bond acceptors (Lipinski definition) is 6. The minimum Gasteiger partial charge on any atom is -0.350 e. The summed E-state index contributed by atoms with van der Waals surface area (Å²) in [7, 11) is 0. The number of carbonyl (C=O) groups excluding carboxylic acids is 1. The number of nitrogens with one attached hydrogen (secondary N) is 1. The van der Waals surface area contributed by atoms with Crippen LogP contribution in [0.2, 0.25) is 0 Å². The summed E-state index contributed by atoms with van der Waals surface area (Å²) in [6.45, 7) is 7.17. The van der Waals surface area contributed by atoms with Crippen molar-refractivity contribution in [2.24, 2.45) is 5.92 Å². The predicted octanol–water partition coefficient (Wildman–Crippen LogP) is 5.41. The largest absolute Gasteiger partial charge is 0.350 e. The Balaban J connectivity index is 1.57. The van der Waals surface area contributed by atoms with Crippen LogP contribution in [0.3, 0.4) is 0 Å². The van der Waals surface area contributed by atoms with Gasteiger partial charge in [0.1, 0.15) is 15.7 Å². The highest BCUT2D eigenvalue weighted by Gasteiger charge is 2.24. The van der Waals surface area contributed by atoms with Gasteiger partial charge in [0.05, 0.1) is 12.3 Å². The zero-order chi connectivity index (χ0) is 19.7. The molecule has 7 heteroatoms. The van der Waals surface area contributed by atoms with Gasteiger partial charge in [-0.2, -0.15) is 0 Å². The van der Waals surface area contributed by atoms with E-state index in [1.807, 2.05) is 28.8 Å². The lowest BCUT2D eigenvalue weighted by Crippen LogP contribution is -2.24. The van der Waals surface area contributed by atoms with Gasteiger partial charge >= 0.3 is 0 Å². The molecule has 1 N–H and O–H groups in total. The number of aromatic nitrogens is 2. The summed E-state index contributed by atoms with van der Waals surface area (Å²) >= 11 is 5.04. The molecule has 4 rings (SSSR count). The van der Waals surface area contributed by atoms with E-state index in [9.17, 15) is 4.79 Å². The van der Waals surface area contributed by atoms with E-state index in [0.29, 0.717) is 12.3 Å². The maximum absolute atomic E-state index is 12.4. The van der Waals surface area contributed by atoms with Crippen LogP contribution >= 0.6 is 34.4 Å². The Kier molecular flexibility index (Phi) is 6.04. The average molecular weight is 432 g/mol. The maximum atomic E-state index is 12.4. The first-order chi connectivity index (χ1) is 13.5. The molecule has 0 spiro atoms. The van der Waals surface area contributed by atoms with E-state index in [4.69, 9.17) is 9.97 Å². The molecule has 4 nitrogen and oxygen atoms in total. The van der Waals surface area contributed by atoms with Crippen LogP contribution in [0.4, 0.5) is 0 Å². The molecule has 3 aromatic heterocycles. The molecular formula is C21H25N3OS3. The zero-order valence-electron chi connectivity index (χ0n) is 16.4. The summed E-state index contributed by atoms with van der Waals surface area (Å²) in [6, 6.07) is 4.05. The van der Waals surface area contributed by atoms with Gasteiger partial charge in [0.25, 0.3) is 0 Å². The topological polar surface area (TPSA) is 54.9 Å². The Hall–Kier alpha value is -1.44. The van der Waals surface area contributed by atoms with E-state index >= 15 is 0 Å². The third kappa shape index (κ3) is 4.26. The van der Waals surface area contributed by atoms with E-state index in [1.54, 1.807) is 23.1 Å². The standard InChI is InChI=1S/C21H25N3OS3/c1-12(2)19-23-20(27-11-17(25)22-10-14-5-4-8-26-14)18-15-7-6-13(3)9-16(15)28-21(18)24-19/h4-5,8,12-13H,6-7,9-11H2,1-3H3,(H,22,25). The van der Waals surface area contributed by atoms with Gasteiger partial charge in [-0.1, -0.05) is 38.6 Å². The summed E-state index contributed by atoms with van der Waals surface area (Å²) < 4.78 is 0. The monoisotopic (exact) mass is 431 g/mol. The Labute approximate surface area is 178 Å². The highest BCUT2D eigenvalue weighted by atomic mass is 32.2. The van der Waals surface area contributed by atoms with Gasteiger partial charge < -0.3 is 5.32 Å². The summed E-state index contributed by atoms with van der Waals surface area (Å²) in [5, 5.41) is 7.22. The number of fused-ring (bicyclic) bond motifs is 3. The second kappa shape index (κ2) is 8.51. The third-order valence-electron chi connectivity index (χ3n) is 5.04. The van der Waals surface area contributed by atoms with Crippen molar-refractivity contribution in [1.82, 2.24) is 15.3 Å². The lowest BCUT2D eigenvalue weighted by atomic mass is 9.89. The van der Waals surface area contributed by atoms with Crippen molar-refractivity contribution in [3.63, 3.8) is 0 Å². The van der Waals surface area contributed by atoms with Crippen LogP contribution in [0.1, 0.15) is 54.3 Å². The summed E-state index contributed by atoms with van der Waals surface area (Å²) in [4.78, 5) is 25.8. The molecule has 0 fully saturated rings. The fraction of sp³-hybridized carbons (Fsp3) is 0.476. The second-order valence-corrected chi connectivity index (χ2v) is 10.8. The normalized spacial score (nSPS) is 16.5. The molecule has 0 aromatic carbocycles. The number of carbonyl (C=O) groups is 1. The van der Waals surface area contributed by atoms with Crippen molar-refractivity contribution in [1.29, 1.82) is 0 Å². The van der Waals surface area contributed by atoms with Crippen LogP contribution in [0.25, 0.3) is 10.2 Å². The minimum absolute atomic E-state index is 0.0500. The van der Waals surface area contributed by atoms with Crippen molar-refractivity contribution in [2.45, 2.75) is 57.5 Å². The first-order valence-corrected chi connectivity index (χ1v) is 12.4. The number of amides is 1. The molecule has 1 atom stereocenters. The number of thioether (sulfide) groups is 1. The van der Waals surface area contributed by atoms with E-state index < -0.39 is 0 Å². The third-order valence-corrected chi connectivity index (χ3v) is 8.04. The van der Waals surface area contributed by atoms with Crippen molar-refractivity contribution in [3.8, 4) is 0 Å². The van der Waals surface area contributed by atoms with Crippen LogP contribution in [0.15, 0.2) is 22.5 Å². The average Bonchev–Trinajstić information content (AvgIpc) is 3.30. The lowest BCUT2D eigenvalue weighted by molar-refractivity contribution is -0.118. The lowest BCUT2D eigenvalue weighted by Gasteiger charge is -2.18. The smallest absolute Gasteiger partial charge is 0.230 e. The molecule has 0 bridgehead atoms. The quantitative estimate of drug-likeness (QED) is 0.419. The SMILES string of the molecule is CC1CCc2c(sc3nc(C(C)C)nc(SCC(=O)NCc4cccs4)c23)C1. The maximum Gasteiger partial charge on any atom is 0.230 e. The Morgan fingerprint density at radius 2 is 2.25 bits per heavy atom. The van der Waals surface area contributed by atoms with Crippen molar-refractivity contribution in [2.75, 3.05) is 5.75 Å². The molecule has 3 aromatic rings. The predicted molar refractivity (Wildman–Crippen MR) is 120 cm³/mol. The molecular weight excluding hydrogens is 406 g/mol. The highest BCUT2D eigenvalue weighted by molar-refractivity contribution is 8.00. The van der Waals surface area contributed by atoms with Crippen LogP contribution in [0, 0.1) is 5.92 Å². The molecule has 1 unspecified atom stereocenters. The molecule has 0 saturated carbocycles. The van der Waals surface area contributed by atoms with E-state index in [-0.39, 0.29) is 11.8 Å². The fourth-order valence-corrected chi connectivity index (χ4v) is 6.46. The fourth-order valence-electron chi connectivity index (χ4n) is 3.47. The van der Waals surface area contributed by atoms with E-state index in [0.717, 1.165) is 34.4 Å². The molecule has 1 amide bonds. The van der Waals surface area contributed by atoms with Crippen LogP contribution in [-0.2, 0) is 24.2 Å². The van der Waals surface area contributed by atoms with Crippen LogP contribution in [-0.4, -0.2) is 21.6 Å². The Morgan fingerprint density at radius 1 is 1.39 bits per heavy atom. The number of rotatable bonds is 6. The molecule has 0 saturated heterocycles. The van der Waals surface area contributed by atoms with E-state index in [2.05, 4.69) is 26.1 Å². The molecule has 3 heterocycles. The first kappa shape index (κ1) is 19.9. The van der Waals surface area contributed by atoms with Gasteiger partial charge in [-0.15, -0.1) is 22.7 Å². The van der Waals surface area contributed by atoms with Crippen LogP contribution in [0.5, 0.6) is 0 Å². The van der Waals surface area contributed by atoms with Gasteiger partial charge in [0.2, 0.25) is 5.91 Å². The van der Waals surface area contributed by atoms with Crippen LogP contribution < -0.4 is 5.32 Å². The molecule has 148 valence electrons. The molecule has 0 radical (unpaired) electrons. The molecule has 1 aliphatic carbocycles. The molecule has 1 aliphatic rings. The van der Waals surface area contributed by atoms with Crippen molar-refractivity contribution < 1.29 is 4.79 Å². The summed E-state index contributed by atoms with van der Waals surface area (Å²) in [5.74, 6) is 2.32. The number of thiophene rings is 2. The second-order valence-electron chi connectivity index (χ2n) is 7.72. The highest BCUT2D eigenvalue weighted by Crippen LogP contribution is 2.41.